The van der Waals surface area contributed by atoms with Gasteiger partial charge in [0.2, 0.25) is 5.91 Å². The quantitative estimate of drug-likeness (QED) is 0.499. The van der Waals surface area contributed by atoms with Crippen LogP contribution in [-0.2, 0) is 9.53 Å². The summed E-state index contributed by atoms with van der Waals surface area (Å²) in [5.41, 5.74) is 0.769. The fourth-order valence-electron chi connectivity index (χ4n) is 1.70. The lowest BCUT2D eigenvalue weighted by Gasteiger charge is -2.07. The monoisotopic (exact) mass is 313 g/mol. The first kappa shape index (κ1) is 17.8. The van der Waals surface area contributed by atoms with Gasteiger partial charge in [-0.2, -0.15) is 0 Å². The van der Waals surface area contributed by atoms with Gasteiger partial charge in [0.05, 0.1) is 5.88 Å². The van der Waals surface area contributed by atoms with Crippen molar-refractivity contribution in [2.45, 2.75) is 32.6 Å². The zero-order valence-corrected chi connectivity index (χ0v) is 13.3. The Bertz CT molecular complexity index is 395. The molecule has 0 unspecified atom stereocenters. The molecule has 0 aromatic heterocycles. The summed E-state index contributed by atoms with van der Waals surface area (Å²) in [6.45, 7) is 4.02. The number of benzene rings is 1. The van der Waals surface area contributed by atoms with E-state index < -0.39 is 0 Å². The Labute approximate surface area is 131 Å². The number of halogens is 1. The molecule has 1 rings (SSSR count). The number of alkyl halides is 1. The van der Waals surface area contributed by atoms with Crippen molar-refractivity contribution in [2.24, 2.45) is 0 Å². The lowest BCUT2D eigenvalue weighted by molar-refractivity contribution is -0.116. The smallest absolute Gasteiger partial charge is 0.224 e. The second kappa shape index (κ2) is 11.4. The van der Waals surface area contributed by atoms with Gasteiger partial charge in [0, 0.05) is 25.3 Å². The van der Waals surface area contributed by atoms with Crippen LogP contribution in [0.4, 0.5) is 5.69 Å². The van der Waals surface area contributed by atoms with Crippen LogP contribution in [0.3, 0.4) is 0 Å². The van der Waals surface area contributed by atoms with Crippen molar-refractivity contribution in [3.05, 3.63) is 24.3 Å². The summed E-state index contributed by atoms with van der Waals surface area (Å²) in [7, 11) is 0. The molecule has 0 saturated carbocycles. The van der Waals surface area contributed by atoms with Crippen LogP contribution >= 0.6 is 11.6 Å². The maximum atomic E-state index is 11.7. The molecule has 1 amide bonds. The molecule has 21 heavy (non-hydrogen) atoms. The second-order valence-electron chi connectivity index (χ2n) is 4.68. The van der Waals surface area contributed by atoms with Crippen LogP contribution in [0.1, 0.15) is 32.6 Å². The molecule has 0 atom stereocenters. The van der Waals surface area contributed by atoms with Crippen LogP contribution in [0.5, 0.6) is 5.75 Å². The van der Waals surface area contributed by atoms with Crippen molar-refractivity contribution in [2.75, 3.05) is 31.0 Å². The average molecular weight is 314 g/mol. The molecule has 0 spiro atoms. The summed E-state index contributed by atoms with van der Waals surface area (Å²) < 4.78 is 10.8. The molecule has 0 saturated heterocycles. The molecular weight excluding hydrogens is 290 g/mol. The fraction of sp³-hybridized carbons (Fsp3) is 0.562. The lowest BCUT2D eigenvalue weighted by atomic mass is 10.2. The lowest BCUT2D eigenvalue weighted by Crippen LogP contribution is -2.12. The Morgan fingerprint density at radius 1 is 1.14 bits per heavy atom. The van der Waals surface area contributed by atoms with Crippen LogP contribution < -0.4 is 10.1 Å². The molecule has 4 nitrogen and oxygen atoms in total. The number of anilines is 1. The van der Waals surface area contributed by atoms with Crippen LogP contribution in [0.25, 0.3) is 0 Å². The molecule has 0 aliphatic carbocycles. The number of nitrogens with one attached hydrogen (secondary N) is 1. The number of ether oxygens (including phenoxy) is 2. The minimum Gasteiger partial charge on any atom is -0.492 e. The third-order valence-electron chi connectivity index (χ3n) is 2.82. The van der Waals surface area contributed by atoms with Crippen LogP contribution in [0.2, 0.25) is 0 Å². The van der Waals surface area contributed by atoms with E-state index in [1.807, 2.05) is 24.3 Å². The normalized spacial score (nSPS) is 10.4. The van der Waals surface area contributed by atoms with E-state index in [1.165, 1.54) is 0 Å². The van der Waals surface area contributed by atoms with Crippen molar-refractivity contribution in [3.63, 3.8) is 0 Å². The number of hydrogen-bond donors (Lipinski definition) is 1. The maximum absolute atomic E-state index is 11.7. The molecule has 0 heterocycles. The van der Waals surface area contributed by atoms with Crippen LogP contribution in [0, 0.1) is 0 Å². The predicted octanol–water partition coefficient (Wildman–Crippen LogP) is 3.84. The third-order valence-corrected chi connectivity index (χ3v) is 2.97. The van der Waals surface area contributed by atoms with E-state index in [9.17, 15) is 4.79 Å². The van der Waals surface area contributed by atoms with Gasteiger partial charge in [-0.15, -0.1) is 11.6 Å². The standard InChI is InChI=1S/C16H24ClNO3/c1-2-3-11-20-12-4-5-16(19)18-14-6-8-15(9-7-14)21-13-10-17/h6-9H,2-5,10-13H2,1H3,(H,18,19). The van der Waals surface area contributed by atoms with Crippen LogP contribution in [-0.4, -0.2) is 31.6 Å². The molecule has 0 aliphatic rings. The SMILES string of the molecule is CCCCOCCCC(=O)Nc1ccc(OCCCl)cc1. The Hall–Kier alpha value is -1.26. The van der Waals surface area contributed by atoms with Gasteiger partial charge >= 0.3 is 0 Å². The van der Waals surface area contributed by atoms with E-state index >= 15 is 0 Å². The summed E-state index contributed by atoms with van der Waals surface area (Å²) in [5, 5.41) is 2.85. The number of amides is 1. The Balaban J connectivity index is 2.18. The Morgan fingerprint density at radius 3 is 2.52 bits per heavy atom. The molecular formula is C16H24ClNO3. The molecule has 0 aliphatic heterocycles. The van der Waals surface area contributed by atoms with Gasteiger partial charge in [0.25, 0.3) is 0 Å². The van der Waals surface area contributed by atoms with Gasteiger partial charge in [-0.3, -0.25) is 4.79 Å². The number of rotatable bonds is 11. The Kier molecular flexibility index (Phi) is 9.66. The molecule has 118 valence electrons. The molecule has 0 fully saturated rings. The van der Waals surface area contributed by atoms with Gasteiger partial charge in [-0.05, 0) is 37.1 Å². The summed E-state index contributed by atoms with van der Waals surface area (Å²) in [4.78, 5) is 11.7. The largest absolute Gasteiger partial charge is 0.492 e. The maximum Gasteiger partial charge on any atom is 0.224 e. The van der Waals surface area contributed by atoms with Crippen molar-refractivity contribution in [1.82, 2.24) is 0 Å². The van der Waals surface area contributed by atoms with Crippen LogP contribution in [0.15, 0.2) is 24.3 Å². The second-order valence-corrected chi connectivity index (χ2v) is 5.06. The van der Waals surface area contributed by atoms with Gasteiger partial charge in [0.15, 0.2) is 0 Å². The highest BCUT2D eigenvalue weighted by atomic mass is 35.5. The number of unbranched alkanes of at least 4 members (excludes halogenated alkanes) is 1. The van der Waals surface area contributed by atoms with E-state index in [0.717, 1.165) is 37.3 Å². The van der Waals surface area contributed by atoms with Crippen molar-refractivity contribution < 1.29 is 14.3 Å². The van der Waals surface area contributed by atoms with E-state index in [4.69, 9.17) is 21.1 Å². The van der Waals surface area contributed by atoms with Gasteiger partial charge in [0.1, 0.15) is 12.4 Å². The molecule has 0 bridgehead atoms. The third kappa shape index (κ3) is 8.58. The van der Waals surface area contributed by atoms with E-state index in [-0.39, 0.29) is 5.91 Å². The van der Waals surface area contributed by atoms with E-state index in [0.29, 0.717) is 25.5 Å². The zero-order valence-electron chi connectivity index (χ0n) is 12.6. The predicted molar refractivity (Wildman–Crippen MR) is 86.2 cm³/mol. The topological polar surface area (TPSA) is 47.6 Å². The first-order chi connectivity index (χ1) is 10.3. The summed E-state index contributed by atoms with van der Waals surface area (Å²) >= 11 is 5.55. The number of hydrogen-bond acceptors (Lipinski definition) is 3. The number of carbonyl (C=O) groups excluding carboxylic acids is 1. The van der Waals surface area contributed by atoms with Gasteiger partial charge in [-0.25, -0.2) is 0 Å². The first-order valence-corrected chi connectivity index (χ1v) is 7.96. The highest BCUT2D eigenvalue weighted by Crippen LogP contribution is 2.16. The highest BCUT2D eigenvalue weighted by molar-refractivity contribution is 6.18. The van der Waals surface area contributed by atoms with Gasteiger partial charge < -0.3 is 14.8 Å². The van der Waals surface area contributed by atoms with E-state index in [2.05, 4.69) is 12.2 Å². The molecule has 0 radical (unpaired) electrons. The molecule has 1 aromatic rings. The minimum absolute atomic E-state index is 0.00326. The molecule has 1 aromatic carbocycles. The summed E-state index contributed by atoms with van der Waals surface area (Å²) in [6, 6.07) is 7.27. The molecule has 5 heteroatoms. The van der Waals surface area contributed by atoms with Crippen molar-refractivity contribution >= 4 is 23.2 Å². The van der Waals surface area contributed by atoms with Crippen molar-refractivity contribution in [1.29, 1.82) is 0 Å². The average Bonchev–Trinajstić information content (AvgIpc) is 2.50. The minimum atomic E-state index is 0.00326. The zero-order chi connectivity index (χ0) is 15.3. The first-order valence-electron chi connectivity index (χ1n) is 7.42. The fourth-order valence-corrected chi connectivity index (χ4v) is 1.77. The summed E-state index contributed by atoms with van der Waals surface area (Å²) in [6.07, 6.45) is 3.42. The van der Waals surface area contributed by atoms with Crippen molar-refractivity contribution in [3.8, 4) is 5.75 Å². The number of carbonyl (C=O) groups is 1. The Morgan fingerprint density at radius 2 is 1.86 bits per heavy atom. The highest BCUT2D eigenvalue weighted by Gasteiger charge is 2.02. The van der Waals surface area contributed by atoms with Gasteiger partial charge in [-0.1, -0.05) is 13.3 Å². The molecule has 1 N–H and O–H groups in total. The summed E-state index contributed by atoms with van der Waals surface area (Å²) in [5.74, 6) is 1.21. The van der Waals surface area contributed by atoms with E-state index in [1.54, 1.807) is 0 Å².